The molecule has 2 saturated carbocycles. The first-order valence-electron chi connectivity index (χ1n) is 15.3. The van der Waals surface area contributed by atoms with E-state index in [0.717, 1.165) is 23.3 Å². The van der Waals surface area contributed by atoms with Crippen molar-refractivity contribution in [2.75, 3.05) is 6.61 Å². The molecule has 4 atom stereocenters. The zero-order valence-corrected chi connectivity index (χ0v) is 24.5. The van der Waals surface area contributed by atoms with Crippen molar-refractivity contribution >= 4 is 0 Å². The summed E-state index contributed by atoms with van der Waals surface area (Å²) >= 11 is 0. The number of fused-ring (bicyclic) bond motifs is 1. The first kappa shape index (κ1) is 30.2. The third-order valence-corrected chi connectivity index (χ3v) is 9.23. The highest BCUT2D eigenvalue weighted by molar-refractivity contribution is 5.67. The minimum Gasteiger partial charge on any atom is -0.491 e. The summed E-state index contributed by atoms with van der Waals surface area (Å²) in [5, 5.41) is 0. The van der Waals surface area contributed by atoms with Gasteiger partial charge in [0, 0.05) is 11.1 Å². The number of allylic oxidation sites excluding steroid dienone is 2. The van der Waals surface area contributed by atoms with E-state index >= 15 is 0 Å². The van der Waals surface area contributed by atoms with Crippen LogP contribution < -0.4 is 9.47 Å². The SMILES string of the molecule is CC=CCCC1CCC2CC(c3ccc(COc4ccc(-c5ccc(OCC)c(F)c5F)c(F)c4F)cc3)CCC2C1. The van der Waals surface area contributed by atoms with Gasteiger partial charge in [-0.3, -0.25) is 0 Å². The Kier molecular flexibility index (Phi) is 9.91. The largest absolute Gasteiger partial charge is 0.491 e. The minimum absolute atomic E-state index is 0.0615. The molecule has 6 heteroatoms. The van der Waals surface area contributed by atoms with Crippen molar-refractivity contribution in [3.63, 3.8) is 0 Å². The molecule has 0 spiro atoms. The van der Waals surface area contributed by atoms with Crippen molar-refractivity contribution in [2.45, 2.75) is 77.7 Å². The van der Waals surface area contributed by atoms with Crippen LogP contribution in [0, 0.1) is 41.0 Å². The Morgan fingerprint density at radius 1 is 0.714 bits per heavy atom. The summed E-state index contributed by atoms with van der Waals surface area (Å²) in [4.78, 5) is 0. The van der Waals surface area contributed by atoms with E-state index in [1.165, 1.54) is 81.2 Å². The molecule has 2 aliphatic carbocycles. The Morgan fingerprint density at radius 2 is 1.33 bits per heavy atom. The van der Waals surface area contributed by atoms with Crippen molar-refractivity contribution in [3.05, 3.63) is 95.1 Å². The molecule has 0 amide bonds. The fourth-order valence-corrected chi connectivity index (χ4v) is 6.95. The average Bonchev–Trinajstić information content (AvgIpc) is 3.01. The third-order valence-electron chi connectivity index (χ3n) is 9.23. The topological polar surface area (TPSA) is 18.5 Å². The zero-order valence-electron chi connectivity index (χ0n) is 24.5. The Morgan fingerprint density at radius 3 is 1.98 bits per heavy atom. The molecule has 2 nitrogen and oxygen atoms in total. The monoisotopic (exact) mass is 580 g/mol. The first-order valence-corrected chi connectivity index (χ1v) is 15.3. The fraction of sp³-hybridized carbons (Fsp3) is 0.444. The van der Waals surface area contributed by atoms with E-state index < -0.39 is 23.3 Å². The van der Waals surface area contributed by atoms with Crippen LogP contribution in [0.4, 0.5) is 17.6 Å². The van der Waals surface area contributed by atoms with Gasteiger partial charge in [0.2, 0.25) is 11.6 Å². The molecule has 0 bridgehead atoms. The molecule has 3 aromatic rings. The summed E-state index contributed by atoms with van der Waals surface area (Å²) < 4.78 is 69.3. The Bertz CT molecular complexity index is 1380. The number of benzene rings is 3. The normalized spacial score (nSPS) is 22.2. The first-order chi connectivity index (χ1) is 20.4. The van der Waals surface area contributed by atoms with E-state index in [1.807, 2.05) is 12.1 Å². The lowest BCUT2D eigenvalue weighted by atomic mass is 9.63. The minimum atomic E-state index is -1.30. The second-order valence-electron chi connectivity index (χ2n) is 11.8. The highest BCUT2D eigenvalue weighted by Crippen LogP contribution is 2.48. The second-order valence-corrected chi connectivity index (χ2v) is 11.8. The molecule has 4 unspecified atom stereocenters. The van der Waals surface area contributed by atoms with Gasteiger partial charge in [0.25, 0.3) is 0 Å². The molecule has 0 aromatic heterocycles. The number of ether oxygens (including phenoxy) is 2. The van der Waals surface area contributed by atoms with Crippen molar-refractivity contribution in [1.29, 1.82) is 0 Å². The molecule has 0 radical (unpaired) electrons. The van der Waals surface area contributed by atoms with E-state index in [4.69, 9.17) is 9.47 Å². The molecule has 0 aliphatic heterocycles. The van der Waals surface area contributed by atoms with Crippen LogP contribution in [-0.4, -0.2) is 6.61 Å². The molecule has 2 fully saturated rings. The maximum Gasteiger partial charge on any atom is 0.201 e. The van der Waals surface area contributed by atoms with Gasteiger partial charge in [-0.25, -0.2) is 8.78 Å². The van der Waals surface area contributed by atoms with Crippen LogP contribution in [0.2, 0.25) is 0 Å². The molecular formula is C36H40F4O2. The van der Waals surface area contributed by atoms with Crippen molar-refractivity contribution in [3.8, 4) is 22.6 Å². The molecule has 0 heterocycles. The molecule has 224 valence electrons. The third kappa shape index (κ3) is 6.68. The lowest BCUT2D eigenvalue weighted by Crippen LogP contribution is -2.30. The number of hydrogen-bond donors (Lipinski definition) is 0. The average molecular weight is 581 g/mol. The highest BCUT2D eigenvalue weighted by Gasteiger charge is 2.35. The van der Waals surface area contributed by atoms with Gasteiger partial charge < -0.3 is 9.47 Å². The molecule has 42 heavy (non-hydrogen) atoms. The number of halogens is 4. The van der Waals surface area contributed by atoms with Gasteiger partial charge in [0.15, 0.2) is 23.1 Å². The Balaban J connectivity index is 1.18. The Hall–Kier alpha value is -3.28. The van der Waals surface area contributed by atoms with E-state index in [9.17, 15) is 17.6 Å². The number of hydrogen-bond acceptors (Lipinski definition) is 2. The van der Waals surface area contributed by atoms with Crippen LogP contribution in [0.15, 0.2) is 60.7 Å². The molecule has 2 aliphatic rings. The lowest BCUT2D eigenvalue weighted by Gasteiger charge is -2.42. The molecular weight excluding hydrogens is 540 g/mol. The van der Waals surface area contributed by atoms with Crippen LogP contribution in [-0.2, 0) is 6.61 Å². The summed E-state index contributed by atoms with van der Waals surface area (Å²) in [5.74, 6) is -2.52. The van der Waals surface area contributed by atoms with E-state index in [-0.39, 0.29) is 35.8 Å². The van der Waals surface area contributed by atoms with Gasteiger partial charge in [0.1, 0.15) is 6.61 Å². The van der Waals surface area contributed by atoms with Crippen LogP contribution in [0.1, 0.15) is 82.3 Å². The van der Waals surface area contributed by atoms with E-state index in [2.05, 4.69) is 31.2 Å². The summed E-state index contributed by atoms with van der Waals surface area (Å²) in [7, 11) is 0. The molecule has 0 saturated heterocycles. The van der Waals surface area contributed by atoms with Gasteiger partial charge in [-0.05, 0) is 118 Å². The smallest absolute Gasteiger partial charge is 0.201 e. The van der Waals surface area contributed by atoms with Crippen molar-refractivity contribution < 1.29 is 27.0 Å². The summed E-state index contributed by atoms with van der Waals surface area (Å²) in [6.07, 6.45) is 14.8. The van der Waals surface area contributed by atoms with Crippen LogP contribution in [0.25, 0.3) is 11.1 Å². The van der Waals surface area contributed by atoms with Crippen molar-refractivity contribution in [1.82, 2.24) is 0 Å². The van der Waals surface area contributed by atoms with Crippen molar-refractivity contribution in [2.24, 2.45) is 17.8 Å². The van der Waals surface area contributed by atoms with Crippen LogP contribution in [0.5, 0.6) is 11.5 Å². The highest BCUT2D eigenvalue weighted by atomic mass is 19.2. The summed E-state index contributed by atoms with van der Waals surface area (Å²) in [6, 6.07) is 13.1. The molecule has 3 aromatic carbocycles. The Labute approximate surface area is 246 Å². The van der Waals surface area contributed by atoms with Gasteiger partial charge in [-0.2, -0.15) is 8.78 Å². The van der Waals surface area contributed by atoms with Gasteiger partial charge in [-0.1, -0.05) is 42.8 Å². The second kappa shape index (κ2) is 13.8. The zero-order chi connectivity index (χ0) is 29.6. The summed E-state index contributed by atoms with van der Waals surface area (Å²) in [5.41, 5.74) is 1.40. The maximum absolute atomic E-state index is 14.9. The van der Waals surface area contributed by atoms with Gasteiger partial charge >= 0.3 is 0 Å². The molecule has 5 rings (SSSR count). The van der Waals surface area contributed by atoms with Gasteiger partial charge in [0.05, 0.1) is 6.61 Å². The van der Waals surface area contributed by atoms with E-state index in [1.54, 1.807) is 6.92 Å². The van der Waals surface area contributed by atoms with Crippen LogP contribution >= 0.6 is 0 Å². The predicted octanol–water partition coefficient (Wildman–Crippen LogP) is 10.5. The number of rotatable bonds is 10. The fourth-order valence-electron chi connectivity index (χ4n) is 6.95. The maximum atomic E-state index is 14.9. The predicted molar refractivity (Wildman–Crippen MR) is 159 cm³/mol. The standard InChI is InChI=1S/C36H40F4O2/c1-3-5-6-7-23-8-13-28-21-27(15-14-26(28)20-23)25-11-9-24(10-12-25)22-42-32-19-17-30(34(38)36(32)40)29-16-18-31(41-4-2)35(39)33(29)37/h3,5,9-12,16-19,23,26-28H,4,6-8,13-15,20-22H2,1-2H3. The quantitative estimate of drug-likeness (QED) is 0.175. The van der Waals surface area contributed by atoms with E-state index in [0.29, 0.717) is 5.92 Å². The van der Waals surface area contributed by atoms with Gasteiger partial charge in [-0.15, -0.1) is 0 Å². The molecule has 0 N–H and O–H groups in total. The lowest BCUT2D eigenvalue weighted by molar-refractivity contribution is 0.115. The summed E-state index contributed by atoms with van der Waals surface area (Å²) in [6.45, 7) is 3.94. The van der Waals surface area contributed by atoms with Crippen LogP contribution in [0.3, 0.4) is 0 Å².